The predicted octanol–water partition coefficient (Wildman–Crippen LogP) is 6.45. The molecule has 9 heteroatoms. The number of nitrogens with one attached hydrogen (secondary N) is 1. The number of aliphatic hydroxyl groups excluding tert-OH is 2. The lowest BCUT2D eigenvalue weighted by Gasteiger charge is -2.20. The lowest BCUT2D eigenvalue weighted by atomic mass is 9.94. The monoisotopic (exact) mass is 576 g/mol. The first-order valence-corrected chi connectivity index (χ1v) is 13.8. The van der Waals surface area contributed by atoms with E-state index in [1.54, 1.807) is 41.0 Å². The summed E-state index contributed by atoms with van der Waals surface area (Å²) < 4.78 is 31.3. The number of carboxylic acids is 1. The first-order valence-electron chi connectivity index (χ1n) is 13.8. The molecule has 1 aromatic heterocycles. The minimum absolute atomic E-state index is 0.0782. The van der Waals surface area contributed by atoms with Crippen molar-refractivity contribution < 1.29 is 33.7 Å². The third-order valence-electron chi connectivity index (χ3n) is 7.00. The summed E-state index contributed by atoms with van der Waals surface area (Å²) in [6.45, 7) is 3.91. The summed E-state index contributed by atoms with van der Waals surface area (Å²) in [6, 6.07) is 21.3. The molecule has 0 bridgehead atoms. The molecule has 0 saturated heterocycles. The van der Waals surface area contributed by atoms with E-state index in [2.05, 4.69) is 5.32 Å². The summed E-state index contributed by atoms with van der Waals surface area (Å²) >= 11 is 0. The highest BCUT2D eigenvalue weighted by atomic mass is 19.1. The van der Waals surface area contributed by atoms with Gasteiger partial charge in [0.25, 0.3) is 5.91 Å². The highest BCUT2D eigenvalue weighted by Gasteiger charge is 2.32. The molecule has 42 heavy (non-hydrogen) atoms. The van der Waals surface area contributed by atoms with Crippen molar-refractivity contribution in [3.05, 3.63) is 102 Å². The van der Waals surface area contributed by atoms with Gasteiger partial charge in [0, 0.05) is 35.1 Å². The molecule has 220 valence electrons. The first-order chi connectivity index (χ1) is 20.1. The molecule has 0 fully saturated rings. The van der Waals surface area contributed by atoms with E-state index in [4.69, 9.17) is 5.11 Å². The van der Waals surface area contributed by atoms with E-state index in [0.717, 1.165) is 12.1 Å². The first kappa shape index (κ1) is 30.6. The smallest absolute Gasteiger partial charge is 0.305 e. The van der Waals surface area contributed by atoms with Gasteiger partial charge < -0.3 is 25.2 Å². The Hall–Kier alpha value is -4.34. The van der Waals surface area contributed by atoms with Crippen LogP contribution in [-0.4, -0.2) is 44.0 Å². The third-order valence-corrected chi connectivity index (χ3v) is 7.00. The standard InChI is InChI=1S/C33H34F2N2O5/c1-20(2)31-30(33(42)36-23-11-7-4-8-12-23)29(21-9-5-3-6-10-21)32(26-14-13-22(34)17-27(26)35)37(31)16-15-24(38)18-25(39)19-28(40)41/h3-14,17,20,24-25,38-39H,15-16,18-19H2,1-2H3,(H,36,42)(H,40,41). The number of halogens is 2. The number of aliphatic hydroxyl groups is 2. The van der Waals surface area contributed by atoms with Gasteiger partial charge in [0.05, 0.1) is 29.9 Å². The second-order valence-corrected chi connectivity index (χ2v) is 10.5. The topological polar surface area (TPSA) is 112 Å². The van der Waals surface area contributed by atoms with Gasteiger partial charge in [-0.1, -0.05) is 62.4 Å². The lowest BCUT2D eigenvalue weighted by Crippen LogP contribution is -2.22. The number of hydrogen-bond acceptors (Lipinski definition) is 4. The van der Waals surface area contributed by atoms with Crippen molar-refractivity contribution >= 4 is 17.6 Å². The number of rotatable bonds is 12. The van der Waals surface area contributed by atoms with Crippen LogP contribution in [0.1, 0.15) is 55.1 Å². The van der Waals surface area contributed by atoms with Gasteiger partial charge in [-0.25, -0.2) is 8.78 Å². The van der Waals surface area contributed by atoms with Crippen LogP contribution in [0.3, 0.4) is 0 Å². The minimum atomic E-state index is -1.24. The second kappa shape index (κ2) is 13.5. The van der Waals surface area contributed by atoms with Crippen LogP contribution in [0.2, 0.25) is 0 Å². The Kier molecular flexibility index (Phi) is 9.88. The van der Waals surface area contributed by atoms with E-state index >= 15 is 4.39 Å². The van der Waals surface area contributed by atoms with E-state index in [0.29, 0.717) is 33.8 Å². The van der Waals surface area contributed by atoms with E-state index in [1.807, 2.05) is 38.1 Å². The Labute approximate surface area is 243 Å². The number of nitrogens with zero attached hydrogens (tertiary/aromatic N) is 1. The van der Waals surface area contributed by atoms with Crippen molar-refractivity contribution in [1.82, 2.24) is 4.57 Å². The predicted molar refractivity (Wildman–Crippen MR) is 157 cm³/mol. The molecule has 4 N–H and O–H groups in total. The van der Waals surface area contributed by atoms with Crippen molar-refractivity contribution in [3.63, 3.8) is 0 Å². The van der Waals surface area contributed by atoms with Gasteiger partial charge in [0.15, 0.2) is 0 Å². The van der Waals surface area contributed by atoms with E-state index in [9.17, 15) is 24.2 Å². The quantitative estimate of drug-likeness (QED) is 0.155. The highest BCUT2D eigenvalue weighted by molar-refractivity contribution is 6.12. The highest BCUT2D eigenvalue weighted by Crippen LogP contribution is 2.43. The van der Waals surface area contributed by atoms with Crippen LogP contribution in [0.25, 0.3) is 22.4 Å². The van der Waals surface area contributed by atoms with Gasteiger partial charge in [-0.15, -0.1) is 0 Å². The molecule has 0 aliphatic rings. The summed E-state index contributed by atoms with van der Waals surface area (Å²) in [6.07, 6.45) is -2.92. The van der Waals surface area contributed by atoms with E-state index in [-0.39, 0.29) is 30.9 Å². The largest absolute Gasteiger partial charge is 0.481 e. The number of aromatic nitrogens is 1. The number of carboxylic acid groups (broad SMARTS) is 1. The summed E-state index contributed by atoms with van der Waals surface area (Å²) in [5.74, 6) is -3.39. The Balaban J connectivity index is 1.93. The molecule has 0 radical (unpaired) electrons. The maximum atomic E-state index is 15.5. The Bertz CT molecular complexity index is 1540. The number of carbonyl (C=O) groups is 2. The van der Waals surface area contributed by atoms with Crippen molar-refractivity contribution in [3.8, 4) is 22.4 Å². The summed E-state index contributed by atoms with van der Waals surface area (Å²) in [5, 5.41) is 32.7. The molecule has 3 aromatic carbocycles. The molecule has 0 aliphatic carbocycles. The molecule has 0 saturated carbocycles. The van der Waals surface area contributed by atoms with Gasteiger partial charge in [-0.05, 0) is 48.6 Å². The fraction of sp³-hybridized carbons (Fsp3) is 0.273. The third kappa shape index (κ3) is 7.10. The number of para-hydroxylation sites is 1. The number of amides is 1. The number of hydrogen-bond donors (Lipinski definition) is 4. The number of carbonyl (C=O) groups excluding carboxylic acids is 1. The van der Waals surface area contributed by atoms with Gasteiger partial charge in [0.2, 0.25) is 0 Å². The van der Waals surface area contributed by atoms with E-state index in [1.165, 1.54) is 6.07 Å². The van der Waals surface area contributed by atoms with Gasteiger partial charge in [0.1, 0.15) is 11.6 Å². The average molecular weight is 577 g/mol. The summed E-state index contributed by atoms with van der Waals surface area (Å²) in [7, 11) is 0. The number of aliphatic carboxylic acids is 1. The van der Waals surface area contributed by atoms with E-state index < -0.39 is 42.1 Å². The molecule has 2 atom stereocenters. The normalized spacial score (nSPS) is 12.7. The van der Waals surface area contributed by atoms with Crippen LogP contribution in [0.4, 0.5) is 14.5 Å². The van der Waals surface area contributed by atoms with Crippen LogP contribution in [0.5, 0.6) is 0 Å². The zero-order valence-corrected chi connectivity index (χ0v) is 23.4. The number of anilines is 1. The molecular formula is C33H34F2N2O5. The van der Waals surface area contributed by atoms with Gasteiger partial charge >= 0.3 is 5.97 Å². The van der Waals surface area contributed by atoms with Crippen molar-refractivity contribution in [2.75, 3.05) is 5.32 Å². The zero-order chi connectivity index (χ0) is 30.4. The fourth-order valence-electron chi connectivity index (χ4n) is 5.26. The zero-order valence-electron chi connectivity index (χ0n) is 23.4. The average Bonchev–Trinajstić information content (AvgIpc) is 3.28. The molecule has 0 aliphatic heterocycles. The van der Waals surface area contributed by atoms with Crippen LogP contribution < -0.4 is 5.32 Å². The molecule has 1 heterocycles. The van der Waals surface area contributed by atoms with Crippen molar-refractivity contribution in [2.45, 2.75) is 57.8 Å². The molecule has 2 unspecified atom stereocenters. The number of benzene rings is 3. The van der Waals surface area contributed by atoms with Crippen LogP contribution >= 0.6 is 0 Å². The minimum Gasteiger partial charge on any atom is -0.481 e. The van der Waals surface area contributed by atoms with Crippen LogP contribution in [-0.2, 0) is 11.3 Å². The Morgan fingerprint density at radius 1 is 0.905 bits per heavy atom. The lowest BCUT2D eigenvalue weighted by molar-refractivity contribution is -0.139. The van der Waals surface area contributed by atoms with Crippen molar-refractivity contribution in [2.24, 2.45) is 0 Å². The maximum Gasteiger partial charge on any atom is 0.305 e. The Morgan fingerprint density at radius 2 is 1.55 bits per heavy atom. The molecule has 7 nitrogen and oxygen atoms in total. The van der Waals surface area contributed by atoms with Crippen molar-refractivity contribution in [1.29, 1.82) is 0 Å². The van der Waals surface area contributed by atoms with Crippen LogP contribution in [0, 0.1) is 11.6 Å². The molecule has 4 aromatic rings. The maximum absolute atomic E-state index is 15.5. The summed E-state index contributed by atoms with van der Waals surface area (Å²) in [4.78, 5) is 25.0. The molecule has 1 amide bonds. The fourth-order valence-corrected chi connectivity index (χ4v) is 5.26. The Morgan fingerprint density at radius 3 is 2.14 bits per heavy atom. The summed E-state index contributed by atoms with van der Waals surface area (Å²) in [5.41, 5.74) is 3.00. The van der Waals surface area contributed by atoms with Crippen LogP contribution in [0.15, 0.2) is 78.9 Å². The second-order valence-electron chi connectivity index (χ2n) is 10.5. The molecule has 4 rings (SSSR count). The molecular weight excluding hydrogens is 542 g/mol. The molecule has 0 spiro atoms. The van der Waals surface area contributed by atoms with Gasteiger partial charge in [-0.2, -0.15) is 0 Å². The van der Waals surface area contributed by atoms with Gasteiger partial charge in [-0.3, -0.25) is 9.59 Å². The SMILES string of the molecule is CC(C)c1c(C(=O)Nc2ccccc2)c(-c2ccccc2)c(-c2ccc(F)cc2F)n1CCC(O)CC(O)CC(=O)O.